The minimum Gasteiger partial charge on any atom is -0.444 e. The van der Waals surface area contributed by atoms with Gasteiger partial charge < -0.3 is 19.6 Å². The SMILES string of the molecule is CCCN1C(=O)c2c(nc(-c3cnn(Cc4cccc(C(F)(F)F)c4)c3)n2COC(=O)C2CN(C)C2)N(CC)C1O. The molecule has 1 N–H and O–H groups in total. The van der Waals surface area contributed by atoms with E-state index in [2.05, 4.69) is 10.1 Å². The smallest absolute Gasteiger partial charge is 0.416 e. The maximum Gasteiger partial charge on any atom is 0.416 e. The van der Waals surface area contributed by atoms with E-state index in [0.29, 0.717) is 43.7 Å². The molecule has 41 heavy (non-hydrogen) atoms. The van der Waals surface area contributed by atoms with Crippen molar-refractivity contribution in [1.29, 1.82) is 0 Å². The van der Waals surface area contributed by atoms with E-state index in [4.69, 9.17) is 4.74 Å². The number of ether oxygens (including phenoxy) is 1. The lowest BCUT2D eigenvalue weighted by Crippen LogP contribution is -2.56. The fourth-order valence-corrected chi connectivity index (χ4v) is 5.18. The van der Waals surface area contributed by atoms with Crippen LogP contribution in [0.4, 0.5) is 19.0 Å². The van der Waals surface area contributed by atoms with Crippen molar-refractivity contribution in [3.05, 3.63) is 53.5 Å². The number of fused-ring (bicyclic) bond motifs is 1. The number of halogens is 3. The molecule has 1 fully saturated rings. The molecule has 0 saturated carbocycles. The molecule has 0 bridgehead atoms. The fourth-order valence-electron chi connectivity index (χ4n) is 5.18. The molecular formula is C27H32F3N7O4. The quantitative estimate of drug-likeness (QED) is 0.388. The zero-order valence-corrected chi connectivity index (χ0v) is 23.0. The second-order valence-electron chi connectivity index (χ2n) is 10.3. The first kappa shape index (κ1) is 28.6. The molecule has 1 unspecified atom stereocenters. The summed E-state index contributed by atoms with van der Waals surface area (Å²) in [5.74, 6) is -0.579. The molecule has 11 nitrogen and oxygen atoms in total. The van der Waals surface area contributed by atoms with Crippen LogP contribution in [0.25, 0.3) is 11.4 Å². The van der Waals surface area contributed by atoms with Gasteiger partial charge in [0, 0.05) is 32.4 Å². The number of alkyl halides is 3. The summed E-state index contributed by atoms with van der Waals surface area (Å²) in [6, 6.07) is 5.00. The number of rotatable bonds is 9. The van der Waals surface area contributed by atoms with Gasteiger partial charge in [-0.1, -0.05) is 19.1 Å². The van der Waals surface area contributed by atoms with Crippen molar-refractivity contribution in [3.63, 3.8) is 0 Å². The Hall–Kier alpha value is -3.91. The third-order valence-electron chi connectivity index (χ3n) is 7.27. The average Bonchev–Trinajstić information content (AvgIpc) is 3.52. The molecule has 0 aliphatic carbocycles. The minimum atomic E-state index is -4.46. The summed E-state index contributed by atoms with van der Waals surface area (Å²) in [6.07, 6.45) is -1.97. The van der Waals surface area contributed by atoms with Crippen LogP contribution < -0.4 is 4.90 Å². The zero-order valence-electron chi connectivity index (χ0n) is 23.0. The Balaban J connectivity index is 1.50. The van der Waals surface area contributed by atoms with Crippen molar-refractivity contribution in [2.24, 2.45) is 5.92 Å². The summed E-state index contributed by atoms with van der Waals surface area (Å²) in [5, 5.41) is 15.3. The number of aromatic nitrogens is 4. The second kappa shape index (κ2) is 11.2. The van der Waals surface area contributed by atoms with Gasteiger partial charge >= 0.3 is 12.1 Å². The summed E-state index contributed by atoms with van der Waals surface area (Å²) in [5.41, 5.74) is 0.288. The molecule has 5 rings (SSSR count). The topological polar surface area (TPSA) is 109 Å². The molecule has 3 aromatic rings. The number of imidazole rings is 1. The lowest BCUT2D eigenvalue weighted by molar-refractivity contribution is -0.157. The second-order valence-corrected chi connectivity index (χ2v) is 10.3. The molecule has 14 heteroatoms. The number of aliphatic hydroxyl groups excluding tert-OH is 1. The van der Waals surface area contributed by atoms with E-state index in [1.54, 1.807) is 17.2 Å². The molecule has 1 atom stereocenters. The number of aliphatic hydroxyl groups is 1. The predicted molar refractivity (Wildman–Crippen MR) is 141 cm³/mol. The third kappa shape index (κ3) is 5.53. The highest BCUT2D eigenvalue weighted by molar-refractivity contribution is 6.00. The molecule has 1 saturated heterocycles. The Morgan fingerprint density at radius 1 is 1.20 bits per heavy atom. The van der Waals surface area contributed by atoms with Gasteiger partial charge in [-0.15, -0.1) is 0 Å². The maximum absolute atomic E-state index is 13.6. The zero-order chi connectivity index (χ0) is 29.5. The predicted octanol–water partition coefficient (Wildman–Crippen LogP) is 2.84. The van der Waals surface area contributed by atoms with Crippen LogP contribution in [-0.4, -0.2) is 85.7 Å². The van der Waals surface area contributed by atoms with E-state index in [1.165, 1.54) is 26.4 Å². The number of amides is 1. The maximum atomic E-state index is 13.6. The van der Waals surface area contributed by atoms with Crippen molar-refractivity contribution >= 4 is 17.7 Å². The fraction of sp³-hybridized carbons (Fsp3) is 0.481. The van der Waals surface area contributed by atoms with E-state index in [0.717, 1.165) is 12.1 Å². The Bertz CT molecular complexity index is 1430. The highest BCUT2D eigenvalue weighted by Crippen LogP contribution is 2.35. The molecule has 2 aliphatic rings. The first-order chi connectivity index (χ1) is 19.5. The number of likely N-dealkylation sites (tertiary alicyclic amines) is 1. The number of nitrogens with zero attached hydrogens (tertiary/aromatic N) is 7. The molecule has 2 aliphatic heterocycles. The summed E-state index contributed by atoms with van der Waals surface area (Å²) in [4.78, 5) is 35.9. The molecule has 2 aromatic heterocycles. The van der Waals surface area contributed by atoms with Gasteiger partial charge in [-0.25, -0.2) is 4.98 Å². The summed E-state index contributed by atoms with van der Waals surface area (Å²) < 4.78 is 48.2. The monoisotopic (exact) mass is 575 g/mol. The molecule has 0 radical (unpaired) electrons. The van der Waals surface area contributed by atoms with Crippen molar-refractivity contribution in [2.45, 2.75) is 46.1 Å². The minimum absolute atomic E-state index is 0.0670. The molecule has 1 aromatic carbocycles. The molecule has 1 amide bonds. The largest absolute Gasteiger partial charge is 0.444 e. The molecule has 220 valence electrons. The van der Waals surface area contributed by atoms with Gasteiger partial charge in [0.05, 0.1) is 29.8 Å². The Labute approximate surface area is 234 Å². The van der Waals surface area contributed by atoms with Crippen LogP contribution in [0.2, 0.25) is 0 Å². The van der Waals surface area contributed by atoms with Crippen LogP contribution in [0.1, 0.15) is 41.9 Å². The van der Waals surface area contributed by atoms with Crippen molar-refractivity contribution in [1.82, 2.24) is 29.1 Å². The number of hydrogen-bond acceptors (Lipinski definition) is 8. The van der Waals surface area contributed by atoms with E-state index in [-0.39, 0.29) is 36.5 Å². The number of anilines is 1. The summed E-state index contributed by atoms with van der Waals surface area (Å²) in [6.45, 7) is 5.31. The number of carbonyl (C=O) groups is 2. The van der Waals surface area contributed by atoms with Crippen LogP contribution in [-0.2, 0) is 29.0 Å². The number of esters is 1. The Morgan fingerprint density at radius 2 is 1.95 bits per heavy atom. The van der Waals surface area contributed by atoms with Gasteiger partial charge in [0.15, 0.2) is 18.2 Å². The standard InChI is InChI=1S/C27H32F3N7O4/c1-4-9-36-24(38)21-23(35(5-2)26(36)40)32-22(37(21)16-41-25(39)19-13-33(3)14-19)18-11-31-34(15-18)12-17-7-6-8-20(10-17)27(28,29)30/h6-8,10-11,15,19,26,40H,4-5,9,12-14,16H2,1-3H3. The number of benzene rings is 1. The van der Waals surface area contributed by atoms with Crippen molar-refractivity contribution in [3.8, 4) is 11.4 Å². The Morgan fingerprint density at radius 3 is 2.61 bits per heavy atom. The third-order valence-corrected chi connectivity index (χ3v) is 7.27. The van der Waals surface area contributed by atoms with E-state index in [1.807, 2.05) is 25.8 Å². The lowest BCUT2D eigenvalue weighted by atomic mass is 10.0. The van der Waals surface area contributed by atoms with Gasteiger partial charge in [0.2, 0.25) is 6.35 Å². The van der Waals surface area contributed by atoms with E-state index < -0.39 is 30.0 Å². The summed E-state index contributed by atoms with van der Waals surface area (Å²) >= 11 is 0. The van der Waals surface area contributed by atoms with Gasteiger partial charge in [-0.3, -0.25) is 23.7 Å². The van der Waals surface area contributed by atoms with Crippen LogP contribution in [0.5, 0.6) is 0 Å². The van der Waals surface area contributed by atoms with Gasteiger partial charge in [0.1, 0.15) is 5.82 Å². The highest BCUT2D eigenvalue weighted by atomic mass is 19.4. The first-order valence-corrected chi connectivity index (χ1v) is 13.4. The van der Waals surface area contributed by atoms with Gasteiger partial charge in [-0.2, -0.15) is 18.3 Å². The van der Waals surface area contributed by atoms with Gasteiger partial charge in [0.25, 0.3) is 5.91 Å². The van der Waals surface area contributed by atoms with Crippen LogP contribution >= 0.6 is 0 Å². The highest BCUT2D eigenvalue weighted by Gasteiger charge is 2.41. The molecule has 0 spiro atoms. The Kier molecular flexibility index (Phi) is 7.79. The van der Waals surface area contributed by atoms with Crippen LogP contribution in [0.15, 0.2) is 36.7 Å². The van der Waals surface area contributed by atoms with Crippen molar-refractivity contribution < 1.29 is 32.6 Å². The van der Waals surface area contributed by atoms with Crippen molar-refractivity contribution in [2.75, 3.05) is 38.1 Å². The number of hydrogen-bond donors (Lipinski definition) is 1. The normalized spacial score (nSPS) is 18.0. The first-order valence-electron chi connectivity index (χ1n) is 13.4. The van der Waals surface area contributed by atoms with E-state index >= 15 is 0 Å². The number of carbonyl (C=O) groups excluding carboxylic acids is 2. The van der Waals surface area contributed by atoms with Crippen LogP contribution in [0.3, 0.4) is 0 Å². The molecule has 4 heterocycles. The summed E-state index contributed by atoms with van der Waals surface area (Å²) in [7, 11) is 1.90. The van der Waals surface area contributed by atoms with E-state index in [9.17, 15) is 27.9 Å². The lowest BCUT2D eigenvalue weighted by Gasteiger charge is -2.40. The molecular weight excluding hydrogens is 543 g/mol. The van der Waals surface area contributed by atoms with Crippen LogP contribution in [0, 0.1) is 5.92 Å². The average molecular weight is 576 g/mol. The van der Waals surface area contributed by atoms with Gasteiger partial charge in [-0.05, 0) is 38.1 Å².